The van der Waals surface area contributed by atoms with E-state index in [2.05, 4.69) is 15.3 Å². The van der Waals surface area contributed by atoms with Crippen LogP contribution in [0.5, 0.6) is 0 Å². The molecule has 4 aromatic rings. The first-order chi connectivity index (χ1) is 14.4. The molecule has 1 atom stereocenters. The van der Waals surface area contributed by atoms with Gasteiger partial charge in [0.25, 0.3) is 0 Å². The number of amides is 1. The van der Waals surface area contributed by atoms with Crippen LogP contribution in [0.1, 0.15) is 10.8 Å². The second-order valence-electron chi connectivity index (χ2n) is 6.53. The van der Waals surface area contributed by atoms with Crippen LogP contribution in [0.15, 0.2) is 88.9 Å². The Balaban J connectivity index is 1.60. The van der Waals surface area contributed by atoms with Gasteiger partial charge in [-0.2, -0.15) is 0 Å². The van der Waals surface area contributed by atoms with Crippen molar-refractivity contribution in [1.82, 2.24) is 9.97 Å². The molecule has 0 aliphatic rings. The van der Waals surface area contributed by atoms with Crippen LogP contribution in [0.25, 0.3) is 11.0 Å². The van der Waals surface area contributed by atoms with Gasteiger partial charge in [0.2, 0.25) is 15.9 Å². The molecular weight excluding hydrogens is 420 g/mol. The number of carbonyl (C=O) groups is 1. The minimum absolute atomic E-state index is 0.0169. The molecule has 4 rings (SSSR count). The number of benzene rings is 3. The SMILES string of the molecule is NS(=O)(=O)c1ccc(NC(=O)C(Sc2nc3ccccc3[nH]2)c2ccccc2)cc1. The summed E-state index contributed by atoms with van der Waals surface area (Å²) in [5.74, 6) is -0.255. The highest BCUT2D eigenvalue weighted by Gasteiger charge is 2.24. The summed E-state index contributed by atoms with van der Waals surface area (Å²) in [4.78, 5) is 20.9. The maximum Gasteiger partial charge on any atom is 0.242 e. The van der Waals surface area contributed by atoms with E-state index in [4.69, 9.17) is 5.14 Å². The van der Waals surface area contributed by atoms with E-state index < -0.39 is 15.3 Å². The van der Waals surface area contributed by atoms with E-state index in [9.17, 15) is 13.2 Å². The minimum Gasteiger partial charge on any atom is -0.333 e. The first-order valence-electron chi connectivity index (χ1n) is 9.00. The minimum atomic E-state index is -3.79. The fourth-order valence-corrected chi connectivity index (χ4v) is 4.45. The lowest BCUT2D eigenvalue weighted by Gasteiger charge is -2.16. The Kier molecular flexibility index (Phi) is 5.58. The van der Waals surface area contributed by atoms with Gasteiger partial charge in [0.15, 0.2) is 5.16 Å². The maximum absolute atomic E-state index is 13.1. The number of nitrogens with zero attached hydrogens (tertiary/aromatic N) is 1. The average molecular weight is 439 g/mol. The molecule has 0 bridgehead atoms. The summed E-state index contributed by atoms with van der Waals surface area (Å²) in [6, 6.07) is 22.8. The summed E-state index contributed by atoms with van der Waals surface area (Å²) in [5.41, 5.74) is 3.01. The van der Waals surface area contributed by atoms with Crippen LogP contribution < -0.4 is 10.5 Å². The van der Waals surface area contributed by atoms with Crippen molar-refractivity contribution < 1.29 is 13.2 Å². The van der Waals surface area contributed by atoms with Gasteiger partial charge in [-0.1, -0.05) is 54.2 Å². The highest BCUT2D eigenvalue weighted by Crippen LogP contribution is 2.35. The van der Waals surface area contributed by atoms with Crippen LogP contribution >= 0.6 is 11.8 Å². The molecule has 0 fully saturated rings. The lowest BCUT2D eigenvalue weighted by atomic mass is 10.1. The molecule has 0 saturated heterocycles. The smallest absolute Gasteiger partial charge is 0.242 e. The summed E-state index contributed by atoms with van der Waals surface area (Å²) in [5, 5.41) is 8.02. The fraction of sp³-hybridized carbons (Fsp3) is 0.0476. The van der Waals surface area contributed by atoms with E-state index in [1.54, 1.807) is 0 Å². The molecule has 1 unspecified atom stereocenters. The van der Waals surface area contributed by atoms with Crippen molar-refractivity contribution in [3.63, 3.8) is 0 Å². The number of hydrogen-bond acceptors (Lipinski definition) is 5. The van der Waals surface area contributed by atoms with Crippen molar-refractivity contribution in [2.45, 2.75) is 15.3 Å². The second kappa shape index (κ2) is 8.31. The van der Waals surface area contributed by atoms with Crippen molar-refractivity contribution >= 4 is 44.4 Å². The normalized spacial score (nSPS) is 12.6. The lowest BCUT2D eigenvalue weighted by Crippen LogP contribution is -2.19. The zero-order valence-electron chi connectivity index (χ0n) is 15.6. The number of carbonyl (C=O) groups excluding carboxylic acids is 1. The highest BCUT2D eigenvalue weighted by molar-refractivity contribution is 8.00. The Morgan fingerprint density at radius 1 is 0.967 bits per heavy atom. The van der Waals surface area contributed by atoms with Crippen molar-refractivity contribution in [2.75, 3.05) is 5.32 Å². The van der Waals surface area contributed by atoms with E-state index >= 15 is 0 Å². The number of aromatic amines is 1. The van der Waals surface area contributed by atoms with E-state index in [1.165, 1.54) is 36.0 Å². The third-order valence-electron chi connectivity index (χ3n) is 4.39. The molecule has 152 valence electrons. The summed E-state index contributed by atoms with van der Waals surface area (Å²) >= 11 is 1.31. The molecule has 30 heavy (non-hydrogen) atoms. The van der Waals surface area contributed by atoms with Gasteiger partial charge in [0.05, 0.1) is 15.9 Å². The van der Waals surface area contributed by atoms with Crippen LogP contribution in [0.4, 0.5) is 5.69 Å². The molecule has 4 N–H and O–H groups in total. The predicted molar refractivity (Wildman–Crippen MR) is 118 cm³/mol. The molecule has 9 heteroatoms. The van der Waals surface area contributed by atoms with Gasteiger partial charge >= 0.3 is 0 Å². The summed E-state index contributed by atoms with van der Waals surface area (Å²) < 4.78 is 22.8. The Bertz CT molecular complexity index is 1250. The number of para-hydroxylation sites is 2. The molecule has 1 amide bonds. The number of sulfonamides is 1. The molecule has 0 spiro atoms. The third kappa shape index (κ3) is 4.54. The molecule has 0 aliphatic heterocycles. The molecular formula is C21H18N4O3S2. The van der Waals surface area contributed by atoms with Gasteiger partial charge in [0.1, 0.15) is 5.25 Å². The van der Waals surface area contributed by atoms with Gasteiger partial charge in [-0.3, -0.25) is 4.79 Å². The van der Waals surface area contributed by atoms with E-state index in [0.717, 1.165) is 16.6 Å². The van der Waals surface area contributed by atoms with Gasteiger partial charge in [-0.15, -0.1) is 0 Å². The zero-order chi connectivity index (χ0) is 21.1. The Morgan fingerprint density at radius 3 is 2.30 bits per heavy atom. The summed E-state index contributed by atoms with van der Waals surface area (Å²) in [6.07, 6.45) is 0. The fourth-order valence-electron chi connectivity index (χ4n) is 2.93. The number of nitrogens with one attached hydrogen (secondary N) is 2. The third-order valence-corrected chi connectivity index (χ3v) is 6.46. The monoisotopic (exact) mass is 438 g/mol. The van der Waals surface area contributed by atoms with Crippen LogP contribution in [-0.4, -0.2) is 24.3 Å². The number of hydrogen-bond donors (Lipinski definition) is 3. The standard InChI is InChI=1S/C21H18N4O3S2/c22-30(27,28)16-12-10-15(11-13-16)23-20(26)19(14-6-2-1-3-7-14)29-21-24-17-8-4-5-9-18(17)25-21/h1-13,19H,(H,23,26)(H,24,25)(H2,22,27,28). The number of thioether (sulfide) groups is 1. The average Bonchev–Trinajstić information content (AvgIpc) is 3.15. The number of nitrogens with two attached hydrogens (primary N) is 1. The predicted octanol–water partition coefficient (Wildman–Crippen LogP) is 3.68. The lowest BCUT2D eigenvalue weighted by molar-refractivity contribution is -0.115. The van der Waals surface area contributed by atoms with Gasteiger partial charge in [-0.25, -0.2) is 18.5 Å². The van der Waals surface area contributed by atoms with Crippen LogP contribution in [0.2, 0.25) is 0 Å². The number of rotatable bonds is 6. The number of fused-ring (bicyclic) bond motifs is 1. The molecule has 0 saturated carbocycles. The topological polar surface area (TPSA) is 118 Å². The first kappa shape index (κ1) is 20.1. The zero-order valence-corrected chi connectivity index (χ0v) is 17.3. The Morgan fingerprint density at radius 2 is 1.63 bits per heavy atom. The molecule has 1 heterocycles. The van der Waals surface area contributed by atoms with Gasteiger partial charge < -0.3 is 10.3 Å². The molecule has 1 aromatic heterocycles. The van der Waals surface area contributed by atoms with Gasteiger partial charge in [0, 0.05) is 5.69 Å². The van der Waals surface area contributed by atoms with Crippen molar-refractivity contribution in [3.8, 4) is 0 Å². The van der Waals surface area contributed by atoms with E-state index in [1.807, 2.05) is 54.6 Å². The van der Waals surface area contributed by atoms with Crippen LogP contribution in [0.3, 0.4) is 0 Å². The maximum atomic E-state index is 13.1. The van der Waals surface area contributed by atoms with Gasteiger partial charge in [-0.05, 0) is 42.0 Å². The van der Waals surface area contributed by atoms with E-state index in [-0.39, 0.29) is 10.8 Å². The number of primary sulfonamides is 1. The number of anilines is 1. The quantitative estimate of drug-likeness (QED) is 0.397. The Labute approximate surface area is 177 Å². The second-order valence-corrected chi connectivity index (χ2v) is 9.18. The van der Waals surface area contributed by atoms with Crippen LogP contribution in [0, 0.1) is 0 Å². The number of aromatic nitrogens is 2. The van der Waals surface area contributed by atoms with Crippen molar-refractivity contribution in [3.05, 3.63) is 84.4 Å². The Hall–Kier alpha value is -3.14. The molecule has 0 aliphatic carbocycles. The number of imidazole rings is 1. The molecule has 0 radical (unpaired) electrons. The largest absolute Gasteiger partial charge is 0.333 e. The van der Waals surface area contributed by atoms with Crippen molar-refractivity contribution in [1.29, 1.82) is 0 Å². The molecule has 3 aromatic carbocycles. The summed E-state index contributed by atoms with van der Waals surface area (Å²) in [7, 11) is -3.79. The molecule has 7 nitrogen and oxygen atoms in total. The number of H-pyrrole nitrogens is 1. The highest BCUT2D eigenvalue weighted by atomic mass is 32.2. The van der Waals surface area contributed by atoms with Crippen molar-refractivity contribution in [2.24, 2.45) is 5.14 Å². The van der Waals surface area contributed by atoms with E-state index in [0.29, 0.717) is 10.8 Å². The summed E-state index contributed by atoms with van der Waals surface area (Å²) in [6.45, 7) is 0. The first-order valence-corrected chi connectivity index (χ1v) is 11.4. The van der Waals surface area contributed by atoms with Crippen LogP contribution in [-0.2, 0) is 14.8 Å².